The monoisotopic (exact) mass is 203 g/mol. The SMILES string of the molecule is CCCC(=O)NC(Cl)C(F)(F)F. The van der Waals surface area contributed by atoms with Crippen molar-refractivity contribution in [2.24, 2.45) is 0 Å². The molecule has 1 amide bonds. The summed E-state index contributed by atoms with van der Waals surface area (Å²) in [5.74, 6) is -0.685. The minimum absolute atomic E-state index is 0.0549. The number of rotatable bonds is 3. The summed E-state index contributed by atoms with van der Waals surface area (Å²) in [5, 5.41) is 1.62. The molecule has 0 aromatic rings. The van der Waals surface area contributed by atoms with E-state index in [1.165, 1.54) is 0 Å². The van der Waals surface area contributed by atoms with E-state index < -0.39 is 17.6 Å². The van der Waals surface area contributed by atoms with Crippen LogP contribution in [0.3, 0.4) is 0 Å². The van der Waals surface area contributed by atoms with Gasteiger partial charge in [0, 0.05) is 6.42 Å². The van der Waals surface area contributed by atoms with Crippen LogP contribution in [0.1, 0.15) is 19.8 Å². The van der Waals surface area contributed by atoms with Crippen LogP contribution >= 0.6 is 11.6 Å². The summed E-state index contributed by atoms with van der Waals surface area (Å²) in [6.07, 6.45) is -4.03. The number of alkyl halides is 4. The van der Waals surface area contributed by atoms with Crippen molar-refractivity contribution in [3.8, 4) is 0 Å². The van der Waals surface area contributed by atoms with E-state index in [9.17, 15) is 18.0 Å². The molecule has 0 aliphatic rings. The summed E-state index contributed by atoms with van der Waals surface area (Å²) in [5.41, 5.74) is -2.28. The van der Waals surface area contributed by atoms with Gasteiger partial charge in [-0.05, 0) is 6.42 Å². The number of nitrogens with one attached hydrogen (secondary N) is 1. The number of hydrogen-bond acceptors (Lipinski definition) is 1. The lowest BCUT2D eigenvalue weighted by Gasteiger charge is -2.14. The van der Waals surface area contributed by atoms with E-state index in [2.05, 4.69) is 0 Å². The normalized spacial score (nSPS) is 14.1. The van der Waals surface area contributed by atoms with Gasteiger partial charge in [-0.3, -0.25) is 4.79 Å². The Morgan fingerprint density at radius 2 is 2.08 bits per heavy atom. The highest BCUT2D eigenvalue weighted by molar-refractivity contribution is 6.21. The van der Waals surface area contributed by atoms with Gasteiger partial charge < -0.3 is 5.32 Å². The molecule has 2 nitrogen and oxygen atoms in total. The molecule has 0 saturated heterocycles. The number of halogens is 4. The summed E-state index contributed by atoms with van der Waals surface area (Å²) in [4.78, 5) is 10.6. The molecule has 6 heteroatoms. The van der Waals surface area contributed by atoms with Crippen LogP contribution in [0.15, 0.2) is 0 Å². The van der Waals surface area contributed by atoms with Gasteiger partial charge in [0.1, 0.15) is 0 Å². The van der Waals surface area contributed by atoms with E-state index in [1.807, 2.05) is 0 Å². The maximum absolute atomic E-state index is 11.7. The average Bonchev–Trinajstić information content (AvgIpc) is 1.85. The third kappa shape index (κ3) is 4.43. The maximum Gasteiger partial charge on any atom is 0.422 e. The molecule has 0 aromatic heterocycles. The molecule has 0 aliphatic heterocycles. The number of carbonyl (C=O) groups is 1. The Kier molecular flexibility index (Phi) is 4.37. The zero-order valence-electron chi connectivity index (χ0n) is 6.41. The fourth-order valence-electron chi connectivity index (χ4n) is 0.522. The highest BCUT2D eigenvalue weighted by Gasteiger charge is 2.39. The molecule has 12 heavy (non-hydrogen) atoms. The smallest absolute Gasteiger partial charge is 0.332 e. The van der Waals surface area contributed by atoms with Crippen LogP contribution in [0.5, 0.6) is 0 Å². The topological polar surface area (TPSA) is 29.1 Å². The Labute approximate surface area is 73.1 Å². The Morgan fingerprint density at radius 1 is 1.58 bits per heavy atom. The first-order valence-electron chi connectivity index (χ1n) is 3.38. The van der Waals surface area contributed by atoms with Crippen molar-refractivity contribution < 1.29 is 18.0 Å². The van der Waals surface area contributed by atoms with Crippen molar-refractivity contribution in [2.45, 2.75) is 31.4 Å². The second-order valence-corrected chi connectivity index (χ2v) is 2.66. The van der Waals surface area contributed by atoms with Crippen LogP contribution < -0.4 is 5.32 Å². The van der Waals surface area contributed by atoms with E-state index >= 15 is 0 Å². The van der Waals surface area contributed by atoms with E-state index in [-0.39, 0.29) is 6.42 Å². The van der Waals surface area contributed by atoms with E-state index in [4.69, 9.17) is 11.6 Å². The van der Waals surface area contributed by atoms with Gasteiger partial charge in [-0.15, -0.1) is 0 Å². The van der Waals surface area contributed by atoms with Crippen LogP contribution in [-0.4, -0.2) is 17.6 Å². The summed E-state index contributed by atoms with van der Waals surface area (Å²) in [6, 6.07) is 0. The van der Waals surface area contributed by atoms with Crippen molar-refractivity contribution in [1.29, 1.82) is 0 Å². The van der Waals surface area contributed by atoms with Crippen LogP contribution in [0, 0.1) is 0 Å². The van der Waals surface area contributed by atoms with Crippen molar-refractivity contribution >= 4 is 17.5 Å². The molecule has 1 unspecified atom stereocenters. The average molecular weight is 204 g/mol. The lowest BCUT2D eigenvalue weighted by molar-refractivity contribution is -0.146. The molecule has 0 aliphatic carbocycles. The molecular weight excluding hydrogens is 195 g/mol. The summed E-state index contributed by atoms with van der Waals surface area (Å²) in [7, 11) is 0. The molecule has 1 atom stereocenters. The zero-order valence-corrected chi connectivity index (χ0v) is 7.17. The second kappa shape index (κ2) is 4.54. The summed E-state index contributed by atoms with van der Waals surface area (Å²) in [6.45, 7) is 1.69. The zero-order chi connectivity index (χ0) is 9.78. The van der Waals surface area contributed by atoms with Gasteiger partial charge in [0.15, 0.2) is 0 Å². The molecule has 0 rings (SSSR count). The Morgan fingerprint density at radius 3 is 2.42 bits per heavy atom. The van der Waals surface area contributed by atoms with Crippen LogP contribution in [0.2, 0.25) is 0 Å². The molecule has 1 N–H and O–H groups in total. The molecule has 0 heterocycles. The molecule has 0 saturated carbocycles. The quantitative estimate of drug-likeness (QED) is 0.552. The first-order chi connectivity index (χ1) is 5.38. The van der Waals surface area contributed by atoms with Crippen molar-refractivity contribution in [3.63, 3.8) is 0 Å². The highest BCUT2D eigenvalue weighted by Crippen LogP contribution is 2.22. The van der Waals surface area contributed by atoms with E-state index in [1.54, 1.807) is 12.2 Å². The summed E-state index contributed by atoms with van der Waals surface area (Å²) < 4.78 is 35.1. The fraction of sp³-hybridized carbons (Fsp3) is 0.833. The third-order valence-corrected chi connectivity index (χ3v) is 1.41. The van der Waals surface area contributed by atoms with Crippen molar-refractivity contribution in [2.75, 3.05) is 0 Å². The largest absolute Gasteiger partial charge is 0.422 e. The predicted molar refractivity (Wildman–Crippen MR) is 38.7 cm³/mol. The molecule has 0 fully saturated rings. The predicted octanol–water partition coefficient (Wildman–Crippen LogP) is 2.03. The highest BCUT2D eigenvalue weighted by atomic mass is 35.5. The minimum atomic E-state index is -4.58. The van der Waals surface area contributed by atoms with Crippen LogP contribution in [0.4, 0.5) is 13.2 Å². The molecule has 0 bridgehead atoms. The van der Waals surface area contributed by atoms with Gasteiger partial charge in [0.25, 0.3) is 0 Å². The lowest BCUT2D eigenvalue weighted by atomic mass is 10.3. The third-order valence-electron chi connectivity index (χ3n) is 1.05. The molecule has 0 aromatic carbocycles. The number of hydrogen-bond donors (Lipinski definition) is 1. The van der Waals surface area contributed by atoms with E-state index in [0.717, 1.165) is 0 Å². The molecular formula is C6H9ClF3NO. The minimum Gasteiger partial charge on any atom is -0.332 e. The first-order valence-corrected chi connectivity index (χ1v) is 3.81. The number of amides is 1. The Hall–Kier alpha value is -0.450. The van der Waals surface area contributed by atoms with Gasteiger partial charge in [0.05, 0.1) is 0 Å². The van der Waals surface area contributed by atoms with Crippen molar-refractivity contribution in [3.05, 3.63) is 0 Å². The standard InChI is InChI=1S/C6H9ClF3NO/c1-2-3-4(12)11-5(7)6(8,9)10/h5H,2-3H2,1H3,(H,11,12). The van der Waals surface area contributed by atoms with Crippen molar-refractivity contribution in [1.82, 2.24) is 5.32 Å². The van der Waals surface area contributed by atoms with E-state index in [0.29, 0.717) is 6.42 Å². The van der Waals surface area contributed by atoms with Crippen LogP contribution in [0.25, 0.3) is 0 Å². The fourth-order valence-corrected chi connectivity index (χ4v) is 0.644. The first kappa shape index (κ1) is 11.6. The van der Waals surface area contributed by atoms with Gasteiger partial charge in [-0.1, -0.05) is 18.5 Å². The second-order valence-electron chi connectivity index (χ2n) is 2.22. The Bertz CT molecular complexity index is 159. The number of carbonyl (C=O) groups excluding carboxylic acids is 1. The summed E-state index contributed by atoms with van der Waals surface area (Å²) >= 11 is 4.83. The van der Waals surface area contributed by atoms with Gasteiger partial charge in [-0.25, -0.2) is 0 Å². The molecule has 0 radical (unpaired) electrons. The maximum atomic E-state index is 11.7. The van der Waals surface area contributed by atoms with Gasteiger partial charge in [-0.2, -0.15) is 13.2 Å². The van der Waals surface area contributed by atoms with Crippen LogP contribution in [-0.2, 0) is 4.79 Å². The van der Waals surface area contributed by atoms with Gasteiger partial charge in [0.2, 0.25) is 11.4 Å². The molecule has 72 valence electrons. The van der Waals surface area contributed by atoms with Gasteiger partial charge >= 0.3 is 6.18 Å². The molecule has 0 spiro atoms. The Balaban J connectivity index is 3.84. The lowest BCUT2D eigenvalue weighted by Crippen LogP contribution is -2.41.